The minimum Gasteiger partial charge on any atom is -0.453 e. The topological polar surface area (TPSA) is 23.0 Å². The van der Waals surface area contributed by atoms with E-state index < -0.39 is 316 Å². The normalized spacial score (nSPS) is 20.2. The van der Waals surface area contributed by atoms with Crippen LogP contribution in [0.5, 0.6) is 0 Å². The lowest BCUT2D eigenvalue weighted by Crippen LogP contribution is -1.97. The third-order valence-electron chi connectivity index (χ3n) is 9.27. The number of fused-ring (bicyclic) bond motifs is 9. The zero-order chi connectivity index (χ0) is 67.0. The molecular formula is C54H34N2O. The highest BCUT2D eigenvalue weighted by atomic mass is 16.3. The van der Waals surface area contributed by atoms with E-state index in [-0.39, 0.29) is 0 Å². The highest BCUT2D eigenvalue weighted by Crippen LogP contribution is 2.43. The van der Waals surface area contributed by atoms with Gasteiger partial charge in [0, 0.05) is 43.4 Å². The molecule has 12 aromatic rings. The number of benzene rings is 9. The summed E-state index contributed by atoms with van der Waals surface area (Å²) in [6.45, 7) is 0. The predicted octanol–water partition coefficient (Wildman–Crippen LogP) is 14.8. The molecule has 12 rings (SSSR count). The quantitative estimate of drug-likeness (QED) is 0.171. The molecule has 0 N–H and O–H groups in total. The van der Waals surface area contributed by atoms with Crippen molar-refractivity contribution in [2.75, 3.05) is 0 Å². The van der Waals surface area contributed by atoms with Crippen LogP contribution in [0.2, 0.25) is 0 Å². The Morgan fingerprint density at radius 2 is 0.737 bits per heavy atom. The monoisotopic (exact) mass is 760 g/mol. The van der Waals surface area contributed by atoms with E-state index in [0.29, 0.717) is 4.57 Å². The Kier molecular flexibility index (Phi) is 2.84. The summed E-state index contributed by atoms with van der Waals surface area (Å²) in [5, 5.41) is -4.01. The van der Waals surface area contributed by atoms with E-state index in [1.54, 1.807) is 0 Å². The molecule has 0 atom stereocenters. The maximum absolute atomic E-state index is 10.1. The molecule has 0 aliphatic rings. The molecule has 0 saturated heterocycles. The second kappa shape index (κ2) is 12.5. The van der Waals surface area contributed by atoms with Crippen LogP contribution in [-0.2, 0) is 0 Å². The van der Waals surface area contributed by atoms with Gasteiger partial charge in [-0.25, -0.2) is 0 Å². The molecule has 3 heteroatoms. The van der Waals surface area contributed by atoms with Crippen LogP contribution in [0.1, 0.15) is 46.6 Å². The van der Waals surface area contributed by atoms with Gasteiger partial charge in [0.15, 0.2) is 5.58 Å². The number of rotatable bonds is 5. The van der Waals surface area contributed by atoms with Gasteiger partial charge in [0.05, 0.1) is 80.0 Å². The molecule has 3 heterocycles. The largest absolute Gasteiger partial charge is 0.453 e. The molecule has 0 radical (unpaired) electrons. The van der Waals surface area contributed by atoms with Gasteiger partial charge in [0.1, 0.15) is 5.58 Å². The molecule has 0 spiro atoms. The smallest absolute Gasteiger partial charge is 0.159 e. The number of hydrogen-bond acceptors (Lipinski definition) is 1. The van der Waals surface area contributed by atoms with Crippen LogP contribution in [-0.4, -0.2) is 9.13 Å². The lowest BCUT2D eigenvalue weighted by molar-refractivity contribution is 0.667. The molecule has 3 aromatic heterocycles. The number of para-hydroxylation sites is 5. The van der Waals surface area contributed by atoms with Crippen molar-refractivity contribution in [2.24, 2.45) is 0 Å². The van der Waals surface area contributed by atoms with Crippen molar-refractivity contribution in [1.29, 1.82) is 0 Å². The van der Waals surface area contributed by atoms with E-state index in [1.807, 2.05) is 0 Å². The fraction of sp³-hybridized carbons (Fsp3) is 0. The van der Waals surface area contributed by atoms with Crippen LogP contribution >= 0.6 is 0 Å². The first-order valence-corrected chi connectivity index (χ1v) is 16.7. The van der Waals surface area contributed by atoms with Crippen molar-refractivity contribution in [3.05, 3.63) is 205 Å². The molecule has 0 bridgehead atoms. The van der Waals surface area contributed by atoms with Crippen molar-refractivity contribution in [3.63, 3.8) is 0 Å². The lowest BCUT2D eigenvalue weighted by Gasteiger charge is -2.14. The van der Waals surface area contributed by atoms with E-state index in [9.17, 15) is 17.8 Å². The summed E-state index contributed by atoms with van der Waals surface area (Å²) < 4.78 is 316. The van der Waals surface area contributed by atoms with Crippen molar-refractivity contribution in [3.8, 4) is 44.8 Å². The van der Waals surface area contributed by atoms with E-state index in [1.165, 1.54) is 0 Å². The van der Waals surface area contributed by atoms with Crippen molar-refractivity contribution < 1.29 is 51.0 Å². The molecule has 0 amide bonds. The Morgan fingerprint density at radius 3 is 1.39 bits per heavy atom. The third kappa shape index (κ3) is 4.79. The van der Waals surface area contributed by atoms with Gasteiger partial charge in [-0.1, -0.05) is 157 Å². The van der Waals surface area contributed by atoms with Crippen LogP contribution in [0.4, 0.5) is 0 Å². The summed E-state index contributed by atoms with van der Waals surface area (Å²) >= 11 is 0. The minimum absolute atomic E-state index is 0.576. The SMILES string of the molecule is [2H]c1c([2H])c([2H])c(-c2c([2H])c([2H])c([2H])c([2H])c2-n2c3c([2H])c([2H])c([2H])c([2H])c3c3c([2H])c(-c4c([2H])c([2H])c5c(c4[2H])c4c([2H])c([2H])c([2H])c([2H])c4n5-c4c([2H])c([2H])c([2H])c5c4oc4c(-c6c([2H])c([2H])c([2H])c([2H])c6[2H])c([2H])c([2H])c([2H])c45)c([2H])c([2H])c32)c([2H])c1[2H]. The zero-order valence-electron chi connectivity index (χ0n) is 62.3. The molecule has 57 heavy (non-hydrogen) atoms. The van der Waals surface area contributed by atoms with Gasteiger partial charge >= 0.3 is 0 Å². The van der Waals surface area contributed by atoms with Crippen LogP contribution in [0.25, 0.3) is 110 Å². The molecule has 3 nitrogen and oxygen atoms in total. The Bertz CT molecular complexity index is 5470. The summed E-state index contributed by atoms with van der Waals surface area (Å²) in [5.74, 6) is 0. The fourth-order valence-corrected chi connectivity index (χ4v) is 6.90. The molecule has 266 valence electrons. The summed E-state index contributed by atoms with van der Waals surface area (Å²) in [4.78, 5) is 0. The highest BCUT2D eigenvalue weighted by molar-refractivity contribution is 6.15. The summed E-state index contributed by atoms with van der Waals surface area (Å²) in [6.07, 6.45) is 0. The van der Waals surface area contributed by atoms with Gasteiger partial charge in [-0.2, -0.15) is 0 Å². The third-order valence-corrected chi connectivity index (χ3v) is 9.27. The van der Waals surface area contributed by atoms with E-state index in [0.717, 1.165) is 4.57 Å². The number of furan rings is 1. The Balaban J connectivity index is 1.27. The van der Waals surface area contributed by atoms with Gasteiger partial charge < -0.3 is 13.6 Å². The Labute approximate surface area is 376 Å². The van der Waals surface area contributed by atoms with Crippen LogP contribution in [0.15, 0.2) is 210 Å². The number of aromatic nitrogens is 2. The standard InChI is InChI=1S/C54H34N2O/c1-3-15-35(16-4-1)39-19-7-10-25-47(39)55-48-26-11-8-20-41(48)45-33-37(29-31-50(45)55)38-30-32-51-46(34-38)42-21-9-12-27-49(42)56(51)52-28-14-24-44-43-23-13-22-40(53(43)57-54(44)52)36-17-5-2-6-18-36/h1-34H/i1D,2D,3D,4D,5D,6D,7D,8D,9D,10D,11D,12D,13D,14D,15D,16D,17D,18D,19D,20D,21D,22D,23D,24D,25D,26D,27D,28D,29D,30D,31D,32D,33D,34D. The fourth-order valence-electron chi connectivity index (χ4n) is 6.90. The summed E-state index contributed by atoms with van der Waals surface area (Å²) in [6, 6.07) is -33.6. The molecule has 0 aliphatic heterocycles. The lowest BCUT2D eigenvalue weighted by atomic mass is 10.0. The minimum atomic E-state index is -1.15. The van der Waals surface area contributed by atoms with Crippen molar-refractivity contribution in [1.82, 2.24) is 9.13 Å². The summed E-state index contributed by atoms with van der Waals surface area (Å²) in [7, 11) is 0. The average Bonchev–Trinajstić information content (AvgIpc) is 1.55. The molecule has 9 aromatic carbocycles. The van der Waals surface area contributed by atoms with Crippen LogP contribution < -0.4 is 0 Å². The Morgan fingerprint density at radius 1 is 0.298 bits per heavy atom. The first-order chi connectivity index (χ1) is 42.4. The van der Waals surface area contributed by atoms with Gasteiger partial charge in [0.2, 0.25) is 0 Å². The predicted molar refractivity (Wildman–Crippen MR) is 239 cm³/mol. The zero-order valence-corrected chi connectivity index (χ0v) is 28.3. The second-order valence-electron chi connectivity index (χ2n) is 12.3. The van der Waals surface area contributed by atoms with E-state index in [2.05, 4.69) is 0 Å². The first-order valence-electron chi connectivity index (χ1n) is 33.7. The van der Waals surface area contributed by atoms with E-state index >= 15 is 0 Å². The molecule has 0 saturated carbocycles. The first kappa shape index (κ1) is 13.0. The van der Waals surface area contributed by atoms with Crippen molar-refractivity contribution in [2.45, 2.75) is 0 Å². The van der Waals surface area contributed by atoms with Gasteiger partial charge in [-0.05, 0) is 70.6 Å². The van der Waals surface area contributed by atoms with Gasteiger partial charge in [0.25, 0.3) is 0 Å². The van der Waals surface area contributed by atoms with Crippen molar-refractivity contribution >= 4 is 65.6 Å². The van der Waals surface area contributed by atoms with E-state index in [4.69, 9.17) is 33.2 Å². The summed E-state index contributed by atoms with van der Waals surface area (Å²) in [5.41, 5.74) is -11.1. The maximum Gasteiger partial charge on any atom is 0.159 e. The van der Waals surface area contributed by atoms with Gasteiger partial charge in [-0.3, -0.25) is 0 Å². The number of hydrogen-bond donors (Lipinski definition) is 0. The number of nitrogens with zero attached hydrogens (tertiary/aromatic N) is 2. The van der Waals surface area contributed by atoms with Crippen LogP contribution in [0.3, 0.4) is 0 Å². The van der Waals surface area contributed by atoms with Gasteiger partial charge in [-0.15, -0.1) is 0 Å². The second-order valence-corrected chi connectivity index (χ2v) is 12.3. The highest BCUT2D eigenvalue weighted by Gasteiger charge is 2.21. The average molecular weight is 761 g/mol. The Hall–Kier alpha value is -7.62. The molecular weight excluding hydrogens is 693 g/mol. The van der Waals surface area contributed by atoms with Crippen LogP contribution in [0, 0.1) is 0 Å². The molecule has 0 fully saturated rings. The maximum atomic E-state index is 10.1. The molecule has 0 aliphatic carbocycles. The molecule has 0 unspecified atom stereocenters.